The van der Waals surface area contributed by atoms with Crippen molar-refractivity contribution in [3.8, 4) is 0 Å². The summed E-state index contributed by atoms with van der Waals surface area (Å²) < 4.78 is 0. The van der Waals surface area contributed by atoms with Gasteiger partial charge in [-0.05, 0) is 31.0 Å². The van der Waals surface area contributed by atoms with Crippen LogP contribution in [0.1, 0.15) is 31.9 Å². The number of likely N-dealkylation sites (N-methyl/N-ethyl adjacent to an activating group) is 1. The third kappa shape index (κ3) is 5.99. The first kappa shape index (κ1) is 20.7. The minimum Gasteiger partial charge on any atom is -0.355 e. The highest BCUT2D eigenvalue weighted by atomic mass is 15.3. The molecule has 1 aromatic carbocycles. The number of hydrogen-bond donors (Lipinski definition) is 1. The number of aryl methyl sites for hydroxylation is 1. The number of guanidine groups is 1. The fraction of sp³-hybridized carbons (Fsp3) is 0.667. The third-order valence-corrected chi connectivity index (χ3v) is 5.46. The lowest BCUT2D eigenvalue weighted by Gasteiger charge is -2.38. The molecule has 0 aromatic heterocycles. The Morgan fingerprint density at radius 3 is 2.27 bits per heavy atom. The summed E-state index contributed by atoms with van der Waals surface area (Å²) in [6.45, 7) is 14.4. The second-order valence-corrected chi connectivity index (χ2v) is 7.27. The molecule has 2 rings (SSSR count). The molecular weight excluding hydrogens is 322 g/mol. The molecular formula is C21H37N5. The molecule has 0 radical (unpaired) electrons. The van der Waals surface area contributed by atoms with E-state index in [9.17, 15) is 0 Å². The molecule has 0 saturated carbocycles. The Hall–Kier alpha value is -1.59. The summed E-state index contributed by atoms with van der Waals surface area (Å²) in [6.07, 6.45) is 1.09. The lowest BCUT2D eigenvalue weighted by Crippen LogP contribution is -2.53. The fourth-order valence-corrected chi connectivity index (χ4v) is 3.50. The van der Waals surface area contributed by atoms with E-state index in [-0.39, 0.29) is 0 Å². The van der Waals surface area contributed by atoms with E-state index in [1.165, 1.54) is 24.2 Å². The van der Waals surface area contributed by atoms with Crippen LogP contribution in [-0.2, 0) is 13.0 Å². The highest BCUT2D eigenvalue weighted by molar-refractivity contribution is 5.79. The highest BCUT2D eigenvalue weighted by Crippen LogP contribution is 2.08. The van der Waals surface area contributed by atoms with E-state index >= 15 is 0 Å². The first-order valence-electron chi connectivity index (χ1n) is 10.0. The van der Waals surface area contributed by atoms with Gasteiger partial charge in [0.2, 0.25) is 0 Å². The Labute approximate surface area is 160 Å². The van der Waals surface area contributed by atoms with Crippen molar-refractivity contribution in [1.29, 1.82) is 0 Å². The second-order valence-electron chi connectivity index (χ2n) is 7.27. The summed E-state index contributed by atoms with van der Waals surface area (Å²) >= 11 is 0. The average Bonchev–Trinajstić information content (AvgIpc) is 2.69. The van der Waals surface area contributed by atoms with Gasteiger partial charge in [-0.15, -0.1) is 0 Å². The number of aliphatic imine (C=N–C) groups is 1. The van der Waals surface area contributed by atoms with Crippen LogP contribution in [0.25, 0.3) is 0 Å². The molecule has 1 aliphatic heterocycles. The van der Waals surface area contributed by atoms with Crippen molar-refractivity contribution in [2.75, 3.05) is 53.4 Å². The van der Waals surface area contributed by atoms with Crippen molar-refractivity contribution >= 4 is 5.96 Å². The Morgan fingerprint density at radius 2 is 1.73 bits per heavy atom. The van der Waals surface area contributed by atoms with Gasteiger partial charge in [0.05, 0.1) is 0 Å². The predicted octanol–water partition coefficient (Wildman–Crippen LogP) is 2.28. The van der Waals surface area contributed by atoms with Gasteiger partial charge in [0.1, 0.15) is 0 Å². The molecule has 0 bridgehead atoms. The first-order chi connectivity index (χ1) is 12.6. The number of benzene rings is 1. The molecule has 1 atom stereocenters. The molecule has 1 saturated heterocycles. The van der Waals surface area contributed by atoms with Gasteiger partial charge in [-0.2, -0.15) is 0 Å². The van der Waals surface area contributed by atoms with Gasteiger partial charge >= 0.3 is 0 Å². The Bertz CT molecular complexity index is 546. The number of rotatable bonds is 7. The topological polar surface area (TPSA) is 34.1 Å². The molecule has 1 heterocycles. The van der Waals surface area contributed by atoms with E-state index in [1.807, 2.05) is 7.05 Å². The van der Waals surface area contributed by atoms with Crippen LogP contribution in [0.2, 0.25) is 0 Å². The number of nitrogens with one attached hydrogen (secondary N) is 1. The van der Waals surface area contributed by atoms with Gasteiger partial charge in [0, 0.05) is 59.4 Å². The van der Waals surface area contributed by atoms with Crippen molar-refractivity contribution in [2.24, 2.45) is 4.99 Å². The first-order valence-corrected chi connectivity index (χ1v) is 10.0. The molecule has 5 heteroatoms. The summed E-state index contributed by atoms with van der Waals surface area (Å²) in [5.74, 6) is 0.962. The van der Waals surface area contributed by atoms with Crippen LogP contribution >= 0.6 is 0 Å². The van der Waals surface area contributed by atoms with Crippen LogP contribution in [0.4, 0.5) is 0 Å². The number of piperazine rings is 1. The molecule has 1 fully saturated rings. The number of hydrogen-bond acceptors (Lipinski definition) is 3. The lowest BCUT2D eigenvalue weighted by atomic mass is 10.1. The van der Waals surface area contributed by atoms with Crippen LogP contribution in [0.3, 0.4) is 0 Å². The van der Waals surface area contributed by atoms with Crippen LogP contribution in [0.5, 0.6) is 0 Å². The quantitative estimate of drug-likeness (QED) is 0.598. The zero-order chi connectivity index (χ0) is 18.9. The van der Waals surface area contributed by atoms with E-state index in [2.05, 4.69) is 77.1 Å². The molecule has 146 valence electrons. The van der Waals surface area contributed by atoms with Crippen molar-refractivity contribution < 1.29 is 0 Å². The zero-order valence-electron chi connectivity index (χ0n) is 17.3. The molecule has 1 N–H and O–H groups in total. The maximum Gasteiger partial charge on any atom is 0.193 e. The average molecular weight is 360 g/mol. The lowest BCUT2D eigenvalue weighted by molar-refractivity contribution is 0.107. The minimum atomic E-state index is 0.517. The summed E-state index contributed by atoms with van der Waals surface area (Å²) in [7, 11) is 3.97. The van der Waals surface area contributed by atoms with Gasteiger partial charge in [-0.3, -0.25) is 9.89 Å². The molecule has 1 aliphatic rings. The predicted molar refractivity (Wildman–Crippen MR) is 112 cm³/mol. The molecule has 1 unspecified atom stereocenters. The number of nitrogens with zero attached hydrogens (tertiary/aromatic N) is 4. The van der Waals surface area contributed by atoms with Crippen LogP contribution in [0.15, 0.2) is 29.3 Å². The molecule has 1 aromatic rings. The second kappa shape index (κ2) is 10.5. The zero-order valence-corrected chi connectivity index (χ0v) is 17.3. The van der Waals surface area contributed by atoms with E-state index in [0.29, 0.717) is 6.04 Å². The van der Waals surface area contributed by atoms with Gasteiger partial charge in [0.15, 0.2) is 5.96 Å². The maximum atomic E-state index is 4.46. The van der Waals surface area contributed by atoms with Crippen LogP contribution < -0.4 is 5.32 Å². The van der Waals surface area contributed by atoms with Gasteiger partial charge in [-0.1, -0.05) is 38.1 Å². The van der Waals surface area contributed by atoms with E-state index in [1.54, 1.807) is 0 Å². The van der Waals surface area contributed by atoms with Crippen molar-refractivity contribution in [3.63, 3.8) is 0 Å². The van der Waals surface area contributed by atoms with Crippen molar-refractivity contribution in [1.82, 2.24) is 20.0 Å². The monoisotopic (exact) mass is 359 g/mol. The fourth-order valence-electron chi connectivity index (χ4n) is 3.50. The van der Waals surface area contributed by atoms with Crippen LogP contribution in [-0.4, -0.2) is 80.1 Å². The Kier molecular flexibility index (Phi) is 8.39. The van der Waals surface area contributed by atoms with Crippen LogP contribution in [0, 0.1) is 0 Å². The Morgan fingerprint density at radius 1 is 1.12 bits per heavy atom. The van der Waals surface area contributed by atoms with E-state index in [0.717, 1.165) is 45.1 Å². The van der Waals surface area contributed by atoms with Gasteiger partial charge in [-0.25, -0.2) is 0 Å². The largest absolute Gasteiger partial charge is 0.355 e. The van der Waals surface area contributed by atoms with E-state index < -0.39 is 0 Å². The molecule has 0 aliphatic carbocycles. The summed E-state index contributed by atoms with van der Waals surface area (Å²) in [6, 6.07) is 9.40. The SMILES string of the molecule is CCc1ccc(CN(C)C(=NC)NCC(C)N2CCN(CC)CC2)cc1. The summed E-state index contributed by atoms with van der Waals surface area (Å²) in [5, 5.41) is 3.55. The van der Waals surface area contributed by atoms with Gasteiger partial charge in [0.25, 0.3) is 0 Å². The minimum absolute atomic E-state index is 0.517. The smallest absolute Gasteiger partial charge is 0.193 e. The van der Waals surface area contributed by atoms with Crippen molar-refractivity contribution in [2.45, 2.75) is 39.8 Å². The molecule has 26 heavy (non-hydrogen) atoms. The highest BCUT2D eigenvalue weighted by Gasteiger charge is 2.20. The third-order valence-electron chi connectivity index (χ3n) is 5.46. The Balaban J connectivity index is 1.80. The molecule has 0 amide bonds. The van der Waals surface area contributed by atoms with Crippen molar-refractivity contribution in [3.05, 3.63) is 35.4 Å². The van der Waals surface area contributed by atoms with E-state index in [4.69, 9.17) is 0 Å². The molecule has 5 nitrogen and oxygen atoms in total. The van der Waals surface area contributed by atoms with Gasteiger partial charge < -0.3 is 15.1 Å². The maximum absolute atomic E-state index is 4.46. The molecule has 0 spiro atoms. The standard InChI is InChI=1S/C21H37N5/c1-6-19-8-10-20(11-9-19)17-24(5)21(22-4)23-16-18(3)26-14-12-25(7-2)13-15-26/h8-11,18H,6-7,12-17H2,1-5H3,(H,22,23). The summed E-state index contributed by atoms with van der Waals surface area (Å²) in [4.78, 5) is 11.8. The summed E-state index contributed by atoms with van der Waals surface area (Å²) in [5.41, 5.74) is 2.70. The normalized spacial score (nSPS) is 18.0.